The van der Waals surface area contributed by atoms with E-state index in [-0.39, 0.29) is 24.4 Å². The Morgan fingerprint density at radius 1 is 1.22 bits per heavy atom. The van der Waals surface area contributed by atoms with Crippen LogP contribution in [0.3, 0.4) is 0 Å². The lowest BCUT2D eigenvalue weighted by Gasteiger charge is -2.13. The van der Waals surface area contributed by atoms with Crippen LogP contribution in [-0.4, -0.2) is 11.9 Å². The zero-order chi connectivity index (χ0) is 15.9. The number of aryl methyl sites for hydroxylation is 1. The van der Waals surface area contributed by atoms with Gasteiger partial charge in [0.1, 0.15) is 11.5 Å². The first-order chi connectivity index (χ1) is 10.5. The molecule has 0 saturated carbocycles. The maximum Gasteiger partial charge on any atom is 0.221 e. The third-order valence-corrected chi connectivity index (χ3v) is 3.17. The molecular weight excluding hydrogens is 312 g/mol. The highest BCUT2D eigenvalue weighted by atomic mass is 35.5. The predicted molar refractivity (Wildman–Crippen MR) is 95.1 cm³/mol. The van der Waals surface area contributed by atoms with Gasteiger partial charge in [-0.3, -0.25) is 4.79 Å². The van der Waals surface area contributed by atoms with E-state index in [0.29, 0.717) is 13.0 Å². The standard InChI is InChI=1S/C18H22N2O2.ClH/c1-13-6-5-8-16(10-13)22-17-9-4-3-7-15(17)12-20-18(21)11-14(2)19;/h3-10,14H,11-12,19H2,1-2H3,(H,20,21);1H. The van der Waals surface area contributed by atoms with E-state index in [0.717, 1.165) is 22.6 Å². The van der Waals surface area contributed by atoms with Crippen molar-refractivity contribution in [1.29, 1.82) is 0 Å². The van der Waals surface area contributed by atoms with Crippen molar-refractivity contribution in [3.63, 3.8) is 0 Å². The molecule has 0 aromatic heterocycles. The van der Waals surface area contributed by atoms with E-state index >= 15 is 0 Å². The maximum absolute atomic E-state index is 11.7. The number of carbonyl (C=O) groups is 1. The first kappa shape index (κ1) is 19.0. The predicted octanol–water partition coefficient (Wildman–Crippen LogP) is 3.56. The molecule has 2 aromatic rings. The SMILES string of the molecule is Cc1cccc(Oc2ccccc2CNC(=O)CC(C)N)c1.Cl. The van der Waals surface area contributed by atoms with E-state index in [1.54, 1.807) is 0 Å². The Kier molecular flexibility index (Phi) is 7.59. The van der Waals surface area contributed by atoms with E-state index < -0.39 is 0 Å². The van der Waals surface area contributed by atoms with Gasteiger partial charge in [0.15, 0.2) is 0 Å². The molecular formula is C18H23ClN2O2. The minimum atomic E-state index is -0.140. The molecule has 0 aliphatic rings. The second-order valence-corrected chi connectivity index (χ2v) is 5.48. The molecule has 4 nitrogen and oxygen atoms in total. The zero-order valence-corrected chi connectivity index (χ0v) is 14.2. The fourth-order valence-corrected chi connectivity index (χ4v) is 2.11. The molecule has 0 saturated heterocycles. The molecule has 0 bridgehead atoms. The summed E-state index contributed by atoms with van der Waals surface area (Å²) >= 11 is 0. The van der Waals surface area contributed by atoms with Gasteiger partial charge in [0.2, 0.25) is 5.91 Å². The third-order valence-electron chi connectivity index (χ3n) is 3.17. The van der Waals surface area contributed by atoms with Gasteiger partial charge in [0.05, 0.1) is 0 Å². The average Bonchev–Trinajstić information content (AvgIpc) is 2.46. The van der Waals surface area contributed by atoms with Crippen molar-refractivity contribution in [2.24, 2.45) is 5.73 Å². The van der Waals surface area contributed by atoms with Crippen LogP contribution in [0.1, 0.15) is 24.5 Å². The van der Waals surface area contributed by atoms with Gasteiger partial charge in [0, 0.05) is 24.6 Å². The van der Waals surface area contributed by atoms with E-state index in [9.17, 15) is 4.79 Å². The Balaban J connectivity index is 0.00000264. The number of hydrogen-bond acceptors (Lipinski definition) is 3. The minimum Gasteiger partial charge on any atom is -0.457 e. The summed E-state index contributed by atoms with van der Waals surface area (Å²) in [5.41, 5.74) is 7.69. The van der Waals surface area contributed by atoms with E-state index in [2.05, 4.69) is 5.32 Å². The molecule has 0 fully saturated rings. The van der Waals surface area contributed by atoms with Crippen molar-refractivity contribution in [3.05, 3.63) is 59.7 Å². The van der Waals surface area contributed by atoms with Gasteiger partial charge in [-0.25, -0.2) is 0 Å². The lowest BCUT2D eigenvalue weighted by molar-refractivity contribution is -0.121. The van der Waals surface area contributed by atoms with Crippen LogP contribution >= 0.6 is 12.4 Å². The van der Waals surface area contributed by atoms with Gasteiger partial charge < -0.3 is 15.8 Å². The molecule has 3 N–H and O–H groups in total. The second kappa shape index (κ2) is 9.18. The minimum absolute atomic E-state index is 0. The van der Waals surface area contributed by atoms with E-state index in [1.807, 2.05) is 62.4 Å². The largest absolute Gasteiger partial charge is 0.457 e. The molecule has 0 aliphatic carbocycles. The topological polar surface area (TPSA) is 64.3 Å². The fourth-order valence-electron chi connectivity index (χ4n) is 2.11. The molecule has 1 unspecified atom stereocenters. The Labute approximate surface area is 143 Å². The highest BCUT2D eigenvalue weighted by molar-refractivity contribution is 5.85. The van der Waals surface area contributed by atoms with Crippen LogP contribution in [0.5, 0.6) is 11.5 Å². The summed E-state index contributed by atoms with van der Waals surface area (Å²) in [6, 6.07) is 15.4. The summed E-state index contributed by atoms with van der Waals surface area (Å²) in [5.74, 6) is 1.48. The number of halogens is 1. The van der Waals surface area contributed by atoms with Gasteiger partial charge in [-0.05, 0) is 37.6 Å². The van der Waals surface area contributed by atoms with E-state index in [4.69, 9.17) is 10.5 Å². The quantitative estimate of drug-likeness (QED) is 0.849. The molecule has 0 radical (unpaired) electrons. The van der Waals surface area contributed by atoms with Gasteiger partial charge >= 0.3 is 0 Å². The van der Waals surface area contributed by atoms with Gasteiger partial charge in [-0.2, -0.15) is 0 Å². The van der Waals surface area contributed by atoms with Crippen LogP contribution in [0.4, 0.5) is 0 Å². The number of nitrogens with two attached hydrogens (primary N) is 1. The lowest BCUT2D eigenvalue weighted by atomic mass is 10.2. The summed E-state index contributed by atoms with van der Waals surface area (Å²) in [6.07, 6.45) is 0.320. The van der Waals surface area contributed by atoms with E-state index in [1.165, 1.54) is 0 Å². The molecule has 23 heavy (non-hydrogen) atoms. The van der Waals surface area contributed by atoms with Crippen molar-refractivity contribution < 1.29 is 9.53 Å². The Hall–Kier alpha value is -2.04. The first-order valence-corrected chi connectivity index (χ1v) is 7.39. The Morgan fingerprint density at radius 2 is 1.96 bits per heavy atom. The molecule has 0 spiro atoms. The van der Waals surface area contributed by atoms with Crippen molar-refractivity contribution in [2.45, 2.75) is 32.9 Å². The highest BCUT2D eigenvalue weighted by Gasteiger charge is 2.08. The monoisotopic (exact) mass is 334 g/mol. The Bertz CT molecular complexity index is 644. The number of carbonyl (C=O) groups excluding carboxylic acids is 1. The van der Waals surface area contributed by atoms with Gasteiger partial charge in [-0.1, -0.05) is 30.3 Å². The van der Waals surface area contributed by atoms with Crippen LogP contribution in [0.15, 0.2) is 48.5 Å². The normalized spacial score (nSPS) is 11.3. The van der Waals surface area contributed by atoms with Crippen molar-refractivity contribution in [3.8, 4) is 11.5 Å². The number of ether oxygens (including phenoxy) is 1. The average molecular weight is 335 g/mol. The number of para-hydroxylation sites is 1. The molecule has 5 heteroatoms. The number of hydrogen-bond donors (Lipinski definition) is 2. The maximum atomic E-state index is 11.7. The summed E-state index contributed by atoms with van der Waals surface area (Å²) < 4.78 is 5.93. The molecule has 124 valence electrons. The number of rotatable bonds is 6. The molecule has 2 rings (SSSR count). The molecule has 0 heterocycles. The molecule has 2 aromatic carbocycles. The van der Waals surface area contributed by atoms with Crippen LogP contribution in [-0.2, 0) is 11.3 Å². The number of benzene rings is 2. The zero-order valence-electron chi connectivity index (χ0n) is 13.4. The smallest absolute Gasteiger partial charge is 0.221 e. The van der Waals surface area contributed by atoms with Gasteiger partial charge in [-0.15, -0.1) is 12.4 Å². The first-order valence-electron chi connectivity index (χ1n) is 7.39. The second-order valence-electron chi connectivity index (χ2n) is 5.48. The summed E-state index contributed by atoms with van der Waals surface area (Å²) in [4.78, 5) is 11.7. The van der Waals surface area contributed by atoms with Gasteiger partial charge in [0.25, 0.3) is 0 Å². The number of amides is 1. The van der Waals surface area contributed by atoms with Crippen molar-refractivity contribution in [1.82, 2.24) is 5.32 Å². The van der Waals surface area contributed by atoms with Crippen LogP contribution < -0.4 is 15.8 Å². The molecule has 1 atom stereocenters. The third kappa shape index (κ3) is 6.30. The Morgan fingerprint density at radius 3 is 2.65 bits per heavy atom. The van der Waals surface area contributed by atoms with Crippen molar-refractivity contribution in [2.75, 3.05) is 0 Å². The van der Waals surface area contributed by atoms with Crippen molar-refractivity contribution >= 4 is 18.3 Å². The van der Waals surface area contributed by atoms with Crippen LogP contribution in [0.2, 0.25) is 0 Å². The fraction of sp³-hybridized carbons (Fsp3) is 0.278. The summed E-state index contributed by atoms with van der Waals surface area (Å²) in [6.45, 7) is 4.26. The lowest BCUT2D eigenvalue weighted by Crippen LogP contribution is -2.29. The summed E-state index contributed by atoms with van der Waals surface area (Å²) in [5, 5.41) is 2.87. The molecule has 1 amide bonds. The van der Waals surface area contributed by atoms with Crippen LogP contribution in [0.25, 0.3) is 0 Å². The molecule has 0 aliphatic heterocycles. The highest BCUT2D eigenvalue weighted by Crippen LogP contribution is 2.25. The number of nitrogens with one attached hydrogen (secondary N) is 1. The summed E-state index contributed by atoms with van der Waals surface area (Å²) in [7, 11) is 0. The van der Waals surface area contributed by atoms with Crippen LogP contribution in [0, 0.1) is 6.92 Å².